The number of pyridine rings is 1. The number of hydrogen-bond acceptors (Lipinski definition) is 2. The first-order chi connectivity index (χ1) is 9.45. The average molecular weight is 248 g/mol. The second-order valence-electron chi connectivity index (χ2n) is 4.56. The zero-order valence-electron chi connectivity index (χ0n) is 10.7. The third kappa shape index (κ3) is 2.58. The molecule has 2 heterocycles. The van der Waals surface area contributed by atoms with E-state index < -0.39 is 0 Å². The van der Waals surface area contributed by atoms with Crippen LogP contribution in [0.15, 0.2) is 79.3 Å². The SMILES string of the molecule is C1=CCN([C@H](c2ccccc2)c2ccncc2)C=C1. The first-order valence-electron chi connectivity index (χ1n) is 6.49. The summed E-state index contributed by atoms with van der Waals surface area (Å²) in [6, 6.07) is 15.0. The maximum atomic E-state index is 4.12. The number of hydrogen-bond donors (Lipinski definition) is 0. The van der Waals surface area contributed by atoms with Gasteiger partial charge in [-0.25, -0.2) is 0 Å². The van der Waals surface area contributed by atoms with Gasteiger partial charge in [-0.1, -0.05) is 42.5 Å². The van der Waals surface area contributed by atoms with Crippen molar-refractivity contribution >= 4 is 0 Å². The largest absolute Gasteiger partial charge is 0.363 e. The molecule has 3 rings (SSSR count). The Kier molecular flexibility index (Phi) is 3.41. The van der Waals surface area contributed by atoms with Crippen molar-refractivity contribution in [3.8, 4) is 0 Å². The van der Waals surface area contributed by atoms with Crippen LogP contribution in [0.4, 0.5) is 0 Å². The molecule has 0 fully saturated rings. The van der Waals surface area contributed by atoms with Crippen molar-refractivity contribution in [1.29, 1.82) is 0 Å². The molecule has 1 aliphatic rings. The quantitative estimate of drug-likeness (QED) is 0.825. The predicted octanol–water partition coefficient (Wildman–Crippen LogP) is 3.56. The molecule has 94 valence electrons. The monoisotopic (exact) mass is 248 g/mol. The summed E-state index contributed by atoms with van der Waals surface area (Å²) in [6.45, 7) is 0.929. The molecular formula is C17H16N2. The van der Waals surface area contributed by atoms with Gasteiger partial charge in [0.1, 0.15) is 0 Å². The lowest BCUT2D eigenvalue weighted by atomic mass is 9.98. The highest BCUT2D eigenvalue weighted by Crippen LogP contribution is 2.29. The summed E-state index contributed by atoms with van der Waals surface area (Å²) in [6.07, 6.45) is 12.2. The molecule has 1 atom stereocenters. The van der Waals surface area contributed by atoms with E-state index in [0.717, 1.165) is 6.54 Å². The lowest BCUT2D eigenvalue weighted by Crippen LogP contribution is -2.25. The Morgan fingerprint density at radius 1 is 0.895 bits per heavy atom. The lowest BCUT2D eigenvalue weighted by Gasteiger charge is -2.31. The van der Waals surface area contributed by atoms with Crippen LogP contribution < -0.4 is 0 Å². The predicted molar refractivity (Wildman–Crippen MR) is 77.5 cm³/mol. The van der Waals surface area contributed by atoms with Gasteiger partial charge in [0.05, 0.1) is 6.04 Å². The van der Waals surface area contributed by atoms with Crippen molar-refractivity contribution in [3.05, 3.63) is 90.4 Å². The molecule has 2 heteroatoms. The van der Waals surface area contributed by atoms with E-state index in [1.807, 2.05) is 12.4 Å². The molecule has 0 unspecified atom stereocenters. The zero-order chi connectivity index (χ0) is 12.9. The minimum Gasteiger partial charge on any atom is -0.363 e. The van der Waals surface area contributed by atoms with Crippen LogP contribution in [0.2, 0.25) is 0 Å². The Labute approximate surface area is 113 Å². The van der Waals surface area contributed by atoms with Crippen LogP contribution in [0.5, 0.6) is 0 Å². The molecule has 1 aliphatic heterocycles. The summed E-state index contributed by atoms with van der Waals surface area (Å²) in [7, 11) is 0. The topological polar surface area (TPSA) is 16.1 Å². The molecule has 0 saturated carbocycles. The maximum Gasteiger partial charge on any atom is 0.0794 e. The first-order valence-corrected chi connectivity index (χ1v) is 6.49. The summed E-state index contributed by atoms with van der Waals surface area (Å²) in [4.78, 5) is 6.45. The summed E-state index contributed by atoms with van der Waals surface area (Å²) < 4.78 is 0. The highest BCUT2D eigenvalue weighted by atomic mass is 15.1. The van der Waals surface area contributed by atoms with Crippen molar-refractivity contribution < 1.29 is 0 Å². The van der Waals surface area contributed by atoms with E-state index in [4.69, 9.17) is 0 Å². The van der Waals surface area contributed by atoms with Gasteiger partial charge in [0.15, 0.2) is 0 Å². The Bertz CT molecular complexity index is 533. The van der Waals surface area contributed by atoms with Crippen molar-refractivity contribution in [1.82, 2.24) is 9.88 Å². The number of nitrogens with zero attached hydrogens (tertiary/aromatic N) is 2. The number of rotatable bonds is 3. The van der Waals surface area contributed by atoms with Crippen molar-refractivity contribution in [2.75, 3.05) is 6.54 Å². The smallest absolute Gasteiger partial charge is 0.0794 e. The normalized spacial score (nSPS) is 15.5. The Hall–Kier alpha value is -2.35. The molecular weight excluding hydrogens is 232 g/mol. The van der Waals surface area contributed by atoms with Crippen LogP contribution in [0.3, 0.4) is 0 Å². The number of benzene rings is 1. The molecule has 2 nitrogen and oxygen atoms in total. The van der Waals surface area contributed by atoms with E-state index in [9.17, 15) is 0 Å². The van der Waals surface area contributed by atoms with Gasteiger partial charge in [-0.2, -0.15) is 0 Å². The van der Waals surface area contributed by atoms with E-state index in [1.165, 1.54) is 11.1 Å². The van der Waals surface area contributed by atoms with E-state index in [1.54, 1.807) is 0 Å². The van der Waals surface area contributed by atoms with Gasteiger partial charge >= 0.3 is 0 Å². The van der Waals surface area contributed by atoms with Gasteiger partial charge in [-0.05, 0) is 29.3 Å². The van der Waals surface area contributed by atoms with Crippen LogP contribution in [0.25, 0.3) is 0 Å². The Balaban J connectivity index is 2.01. The summed E-state index contributed by atoms with van der Waals surface area (Å²) in [5, 5.41) is 0. The van der Waals surface area contributed by atoms with Crippen molar-refractivity contribution in [2.24, 2.45) is 0 Å². The van der Waals surface area contributed by atoms with Crippen LogP contribution in [0.1, 0.15) is 17.2 Å². The zero-order valence-corrected chi connectivity index (χ0v) is 10.7. The maximum absolute atomic E-state index is 4.12. The minimum atomic E-state index is 0.241. The second kappa shape index (κ2) is 5.53. The summed E-state index contributed by atoms with van der Waals surface area (Å²) >= 11 is 0. The average Bonchev–Trinajstić information content (AvgIpc) is 2.51. The van der Waals surface area contributed by atoms with Gasteiger partial charge in [0.25, 0.3) is 0 Å². The lowest BCUT2D eigenvalue weighted by molar-refractivity contribution is 0.346. The summed E-state index contributed by atoms with van der Waals surface area (Å²) in [5.74, 6) is 0. The van der Waals surface area contributed by atoms with E-state index >= 15 is 0 Å². The Morgan fingerprint density at radius 2 is 1.63 bits per heavy atom. The fourth-order valence-electron chi connectivity index (χ4n) is 2.43. The molecule has 0 saturated heterocycles. The molecule has 0 bridgehead atoms. The fraction of sp³-hybridized carbons (Fsp3) is 0.118. The third-order valence-corrected chi connectivity index (χ3v) is 3.31. The number of allylic oxidation sites excluding steroid dienone is 2. The van der Waals surface area contributed by atoms with Gasteiger partial charge < -0.3 is 4.90 Å². The van der Waals surface area contributed by atoms with Gasteiger partial charge in [-0.3, -0.25) is 4.98 Å². The molecule has 0 radical (unpaired) electrons. The van der Waals surface area contributed by atoms with Crippen LogP contribution in [-0.2, 0) is 0 Å². The fourth-order valence-corrected chi connectivity index (χ4v) is 2.43. The highest BCUT2D eigenvalue weighted by molar-refractivity contribution is 5.32. The number of aromatic nitrogens is 1. The van der Waals surface area contributed by atoms with E-state index in [0.29, 0.717) is 0 Å². The molecule has 0 N–H and O–H groups in total. The Morgan fingerprint density at radius 3 is 2.32 bits per heavy atom. The third-order valence-electron chi connectivity index (χ3n) is 3.31. The van der Waals surface area contributed by atoms with Gasteiger partial charge in [-0.15, -0.1) is 0 Å². The molecule has 0 spiro atoms. The standard InChI is InChI=1S/C17H16N2/c1-3-7-15(8-4-1)17(16-9-11-18-12-10-16)19-13-5-2-6-14-19/h1-13,17H,14H2/t17-/m1/s1. The molecule has 2 aromatic rings. The minimum absolute atomic E-state index is 0.241. The van der Waals surface area contributed by atoms with Crippen LogP contribution >= 0.6 is 0 Å². The van der Waals surface area contributed by atoms with E-state index in [-0.39, 0.29) is 6.04 Å². The molecule has 0 aliphatic carbocycles. The molecule has 1 aromatic heterocycles. The summed E-state index contributed by atoms with van der Waals surface area (Å²) in [5.41, 5.74) is 2.56. The molecule has 0 amide bonds. The molecule has 19 heavy (non-hydrogen) atoms. The highest BCUT2D eigenvalue weighted by Gasteiger charge is 2.19. The second-order valence-corrected chi connectivity index (χ2v) is 4.56. The van der Waals surface area contributed by atoms with E-state index in [2.05, 4.69) is 76.8 Å². The van der Waals surface area contributed by atoms with Crippen LogP contribution in [0, 0.1) is 0 Å². The van der Waals surface area contributed by atoms with Crippen molar-refractivity contribution in [3.63, 3.8) is 0 Å². The van der Waals surface area contributed by atoms with Crippen LogP contribution in [-0.4, -0.2) is 16.4 Å². The van der Waals surface area contributed by atoms with Gasteiger partial charge in [0, 0.05) is 25.1 Å². The van der Waals surface area contributed by atoms with Crippen molar-refractivity contribution in [2.45, 2.75) is 6.04 Å². The van der Waals surface area contributed by atoms with Gasteiger partial charge in [0.2, 0.25) is 0 Å². The first kappa shape index (κ1) is 11.7. The molecule has 1 aromatic carbocycles.